The van der Waals surface area contributed by atoms with Gasteiger partial charge in [0.2, 0.25) is 0 Å². The van der Waals surface area contributed by atoms with Crippen molar-refractivity contribution < 1.29 is 4.74 Å². The minimum absolute atomic E-state index is 0.325. The molecule has 1 aliphatic rings. The Morgan fingerprint density at radius 3 is 2.56 bits per heavy atom. The van der Waals surface area contributed by atoms with Crippen LogP contribution in [0.5, 0.6) is 0 Å². The second-order valence-corrected chi connectivity index (χ2v) is 5.89. The molecule has 1 aliphatic carbocycles. The third-order valence-electron chi connectivity index (χ3n) is 4.51. The van der Waals surface area contributed by atoms with Crippen molar-refractivity contribution in [2.75, 3.05) is 20.3 Å². The fraction of sp³-hybridized carbons (Fsp3) is 1.00. The molecule has 0 aliphatic heterocycles. The summed E-state index contributed by atoms with van der Waals surface area (Å²) in [7, 11) is 1.77. The predicted molar refractivity (Wildman–Crippen MR) is 69.6 cm³/mol. The van der Waals surface area contributed by atoms with Crippen molar-refractivity contribution >= 4 is 0 Å². The van der Waals surface area contributed by atoms with E-state index in [0.29, 0.717) is 5.54 Å². The summed E-state index contributed by atoms with van der Waals surface area (Å²) in [6.07, 6.45) is 3.93. The van der Waals surface area contributed by atoms with Crippen molar-refractivity contribution in [1.29, 1.82) is 0 Å². The van der Waals surface area contributed by atoms with Crippen LogP contribution in [0, 0.1) is 17.8 Å². The molecule has 1 N–H and O–H groups in total. The molecule has 0 saturated heterocycles. The minimum atomic E-state index is 0.325. The van der Waals surface area contributed by atoms with Gasteiger partial charge in [-0.15, -0.1) is 0 Å². The Labute approximate surface area is 101 Å². The van der Waals surface area contributed by atoms with Crippen LogP contribution in [-0.2, 0) is 4.74 Å². The molecular weight excluding hydrogens is 198 g/mol. The molecule has 0 aromatic rings. The van der Waals surface area contributed by atoms with Gasteiger partial charge in [0, 0.05) is 19.2 Å². The van der Waals surface area contributed by atoms with Gasteiger partial charge in [0.05, 0.1) is 6.61 Å². The van der Waals surface area contributed by atoms with E-state index in [1.54, 1.807) is 7.11 Å². The number of methoxy groups -OCH3 is 1. The molecule has 1 fully saturated rings. The lowest BCUT2D eigenvalue weighted by atomic mass is 9.65. The predicted octanol–water partition coefficient (Wildman–Crippen LogP) is 3.07. The average molecular weight is 227 g/mol. The van der Waals surface area contributed by atoms with Crippen molar-refractivity contribution in [2.45, 2.75) is 52.5 Å². The van der Waals surface area contributed by atoms with Crippen molar-refractivity contribution in [3.63, 3.8) is 0 Å². The highest BCUT2D eigenvalue weighted by Gasteiger charge is 2.38. The highest BCUT2D eigenvalue weighted by Crippen LogP contribution is 2.41. The minimum Gasteiger partial charge on any atom is -0.383 e. The van der Waals surface area contributed by atoms with Gasteiger partial charge in [-0.3, -0.25) is 0 Å². The average Bonchev–Trinajstić information content (AvgIpc) is 2.24. The molecule has 0 spiro atoms. The Balaban J connectivity index is 2.53. The van der Waals surface area contributed by atoms with Crippen molar-refractivity contribution in [2.24, 2.45) is 17.8 Å². The van der Waals surface area contributed by atoms with E-state index in [4.69, 9.17) is 4.74 Å². The Morgan fingerprint density at radius 1 is 1.31 bits per heavy atom. The van der Waals surface area contributed by atoms with Gasteiger partial charge in [-0.1, -0.05) is 27.2 Å². The largest absolute Gasteiger partial charge is 0.383 e. The first kappa shape index (κ1) is 14.0. The van der Waals surface area contributed by atoms with Gasteiger partial charge >= 0.3 is 0 Å². The normalized spacial score (nSPS) is 39.9. The van der Waals surface area contributed by atoms with Crippen molar-refractivity contribution in [1.82, 2.24) is 5.32 Å². The fourth-order valence-electron chi connectivity index (χ4n) is 3.32. The van der Waals surface area contributed by atoms with Crippen LogP contribution in [0.1, 0.15) is 47.0 Å². The zero-order chi connectivity index (χ0) is 12.2. The molecule has 16 heavy (non-hydrogen) atoms. The van der Waals surface area contributed by atoms with E-state index in [1.165, 1.54) is 19.3 Å². The maximum Gasteiger partial charge on any atom is 0.0587 e. The maximum atomic E-state index is 5.12. The molecule has 0 heterocycles. The molecule has 2 heteroatoms. The topological polar surface area (TPSA) is 21.3 Å². The van der Waals surface area contributed by atoms with E-state index in [-0.39, 0.29) is 0 Å². The van der Waals surface area contributed by atoms with Crippen LogP contribution in [0.2, 0.25) is 0 Å². The molecule has 4 atom stereocenters. The standard InChI is InChI=1S/C14H29NO/c1-6-13-10-14(4,15-7-8-16-5)9-11(2)12(13)3/h11-13,15H,6-10H2,1-5H3. The Bertz CT molecular complexity index is 207. The van der Waals surface area contributed by atoms with Crippen molar-refractivity contribution in [3.05, 3.63) is 0 Å². The highest BCUT2D eigenvalue weighted by molar-refractivity contribution is 4.94. The molecule has 0 amide bonds. The quantitative estimate of drug-likeness (QED) is 0.729. The maximum absolute atomic E-state index is 5.12. The van der Waals surface area contributed by atoms with Crippen LogP contribution >= 0.6 is 0 Å². The molecule has 96 valence electrons. The summed E-state index contributed by atoms with van der Waals surface area (Å²) in [6.45, 7) is 11.3. The van der Waals surface area contributed by atoms with E-state index >= 15 is 0 Å². The first-order valence-electron chi connectivity index (χ1n) is 6.76. The molecule has 0 aromatic carbocycles. The van der Waals surface area contributed by atoms with Crippen LogP contribution in [-0.4, -0.2) is 25.8 Å². The molecule has 2 nitrogen and oxygen atoms in total. The first-order valence-corrected chi connectivity index (χ1v) is 6.76. The van der Waals surface area contributed by atoms with Gasteiger partial charge in [-0.25, -0.2) is 0 Å². The van der Waals surface area contributed by atoms with Gasteiger partial charge in [-0.05, 0) is 37.5 Å². The third-order valence-corrected chi connectivity index (χ3v) is 4.51. The highest BCUT2D eigenvalue weighted by atomic mass is 16.5. The first-order chi connectivity index (χ1) is 7.52. The number of hydrogen-bond donors (Lipinski definition) is 1. The molecular formula is C14H29NO. The summed E-state index contributed by atoms with van der Waals surface area (Å²) >= 11 is 0. The zero-order valence-corrected chi connectivity index (χ0v) is 11.7. The van der Waals surface area contributed by atoms with Gasteiger partial charge in [-0.2, -0.15) is 0 Å². The second-order valence-electron chi connectivity index (χ2n) is 5.89. The van der Waals surface area contributed by atoms with Gasteiger partial charge in [0.15, 0.2) is 0 Å². The van der Waals surface area contributed by atoms with Crippen molar-refractivity contribution in [3.8, 4) is 0 Å². The Morgan fingerprint density at radius 2 is 2.00 bits per heavy atom. The zero-order valence-electron chi connectivity index (χ0n) is 11.7. The number of ether oxygens (including phenoxy) is 1. The molecule has 1 rings (SSSR count). The van der Waals surface area contributed by atoms with Gasteiger partial charge in [0.1, 0.15) is 0 Å². The van der Waals surface area contributed by atoms with Crippen LogP contribution < -0.4 is 5.32 Å². The van der Waals surface area contributed by atoms with E-state index in [2.05, 4.69) is 33.0 Å². The summed E-state index contributed by atoms with van der Waals surface area (Å²) < 4.78 is 5.12. The molecule has 4 unspecified atom stereocenters. The molecule has 0 aromatic heterocycles. The lowest BCUT2D eigenvalue weighted by molar-refractivity contribution is 0.0821. The van der Waals surface area contributed by atoms with E-state index in [1.807, 2.05) is 0 Å². The van der Waals surface area contributed by atoms with E-state index < -0.39 is 0 Å². The molecule has 1 saturated carbocycles. The Hall–Kier alpha value is -0.0800. The van der Waals surface area contributed by atoms with E-state index in [0.717, 1.165) is 30.9 Å². The number of hydrogen-bond acceptors (Lipinski definition) is 2. The van der Waals surface area contributed by atoms with Crippen LogP contribution in [0.3, 0.4) is 0 Å². The lowest BCUT2D eigenvalue weighted by Gasteiger charge is -2.46. The summed E-state index contributed by atoms with van der Waals surface area (Å²) in [4.78, 5) is 0. The van der Waals surface area contributed by atoms with Gasteiger partial charge in [0.25, 0.3) is 0 Å². The monoisotopic (exact) mass is 227 g/mol. The lowest BCUT2D eigenvalue weighted by Crippen LogP contribution is -2.51. The molecule has 0 bridgehead atoms. The third kappa shape index (κ3) is 3.46. The smallest absolute Gasteiger partial charge is 0.0587 e. The fourth-order valence-corrected chi connectivity index (χ4v) is 3.32. The summed E-state index contributed by atoms with van der Waals surface area (Å²) in [5.74, 6) is 2.59. The van der Waals surface area contributed by atoms with Crippen LogP contribution in [0.25, 0.3) is 0 Å². The van der Waals surface area contributed by atoms with Gasteiger partial charge < -0.3 is 10.1 Å². The SMILES string of the molecule is CCC1CC(C)(NCCOC)CC(C)C1C. The summed E-state index contributed by atoms with van der Waals surface area (Å²) in [5, 5.41) is 3.69. The van der Waals surface area contributed by atoms with E-state index in [9.17, 15) is 0 Å². The summed E-state index contributed by atoms with van der Waals surface area (Å²) in [5.41, 5.74) is 0.325. The Kier molecular flexibility index (Phi) is 5.26. The number of nitrogens with one attached hydrogen (secondary N) is 1. The van der Waals surface area contributed by atoms with Crippen LogP contribution in [0.4, 0.5) is 0 Å². The summed E-state index contributed by atoms with van der Waals surface area (Å²) in [6, 6.07) is 0. The second kappa shape index (κ2) is 6.02. The van der Waals surface area contributed by atoms with Crippen LogP contribution in [0.15, 0.2) is 0 Å². The molecule has 0 radical (unpaired) electrons. The number of rotatable bonds is 5.